The predicted octanol–water partition coefficient (Wildman–Crippen LogP) is 4.70. The van der Waals surface area contributed by atoms with E-state index in [1.54, 1.807) is 36.9 Å². The number of nitrogens with one attached hydrogen (secondary N) is 3. The Morgan fingerprint density at radius 3 is 2.70 bits per heavy atom. The first-order valence-electron chi connectivity index (χ1n) is 13.6. The maximum absolute atomic E-state index is 14.6. The molecule has 5 aromatic heterocycles. The second kappa shape index (κ2) is 10.3. The summed E-state index contributed by atoms with van der Waals surface area (Å²) in [4.78, 5) is 33.6. The van der Waals surface area contributed by atoms with Gasteiger partial charge in [0.25, 0.3) is 0 Å². The molecule has 216 valence electrons. The topological polar surface area (TPSA) is 159 Å². The molecule has 7 rings (SSSR count). The van der Waals surface area contributed by atoms with E-state index in [1.165, 1.54) is 12.1 Å². The number of hydrogen-bond donors (Lipinski definition) is 3. The molecule has 1 amide bonds. The lowest BCUT2D eigenvalue weighted by atomic mass is 10.0. The molecule has 1 aliphatic carbocycles. The van der Waals surface area contributed by atoms with Crippen molar-refractivity contribution in [3.05, 3.63) is 72.6 Å². The highest BCUT2D eigenvalue weighted by Crippen LogP contribution is 2.33. The number of carbonyl (C=O) groups excluding carboxylic acids is 1. The van der Waals surface area contributed by atoms with Gasteiger partial charge in [0.05, 0.1) is 46.3 Å². The Labute approximate surface area is 245 Å². The van der Waals surface area contributed by atoms with Crippen LogP contribution in [0.5, 0.6) is 0 Å². The van der Waals surface area contributed by atoms with Crippen LogP contribution in [0.4, 0.5) is 10.1 Å². The smallest absolute Gasteiger partial charge is 0.227 e. The molecule has 43 heavy (non-hydrogen) atoms. The summed E-state index contributed by atoms with van der Waals surface area (Å²) in [5.74, 6) is -0.0152. The number of nitrogens with zero attached hydrogens (tertiary/aromatic N) is 5. The molecular formula is C30H25FN8O3S. The van der Waals surface area contributed by atoms with Gasteiger partial charge >= 0.3 is 0 Å². The molecular weight excluding hydrogens is 571 g/mol. The Morgan fingerprint density at radius 2 is 1.88 bits per heavy atom. The van der Waals surface area contributed by atoms with Crippen molar-refractivity contribution in [2.75, 3.05) is 17.3 Å². The Morgan fingerprint density at radius 1 is 1.02 bits per heavy atom. The number of sulfone groups is 1. The number of hydrogen-bond acceptors (Lipinski definition) is 8. The van der Waals surface area contributed by atoms with Gasteiger partial charge in [-0.2, -0.15) is 5.10 Å². The number of halogens is 1. The van der Waals surface area contributed by atoms with Gasteiger partial charge in [-0.05, 0) is 61.2 Å². The molecule has 11 nitrogen and oxygen atoms in total. The molecule has 5 heterocycles. The number of amides is 1. The number of aromatic amines is 2. The summed E-state index contributed by atoms with van der Waals surface area (Å²) in [7, 11) is -3.21. The maximum atomic E-state index is 14.6. The van der Waals surface area contributed by atoms with Crippen molar-refractivity contribution in [1.82, 2.24) is 35.1 Å². The first kappa shape index (κ1) is 26.8. The quantitative estimate of drug-likeness (QED) is 0.228. The summed E-state index contributed by atoms with van der Waals surface area (Å²) in [6, 6.07) is 9.92. The van der Waals surface area contributed by atoms with Crippen LogP contribution in [0, 0.1) is 11.7 Å². The highest BCUT2D eigenvalue weighted by molar-refractivity contribution is 7.90. The monoisotopic (exact) mass is 596 g/mol. The van der Waals surface area contributed by atoms with Crippen LogP contribution in [0.2, 0.25) is 0 Å². The van der Waals surface area contributed by atoms with Gasteiger partial charge < -0.3 is 10.3 Å². The van der Waals surface area contributed by atoms with Crippen LogP contribution in [-0.2, 0) is 21.1 Å². The minimum absolute atomic E-state index is 0.00148. The molecule has 0 saturated heterocycles. The second-order valence-corrected chi connectivity index (χ2v) is 13.0. The Bertz CT molecular complexity index is 2150. The average Bonchev–Trinajstić information content (AvgIpc) is 3.61. The summed E-state index contributed by atoms with van der Waals surface area (Å²) in [5.41, 5.74) is 5.94. The fourth-order valence-electron chi connectivity index (χ4n) is 4.99. The van der Waals surface area contributed by atoms with E-state index in [2.05, 4.69) is 35.5 Å². The standard InChI is InChI=1S/C30H25FN8O3S/c1-43(41,42)7-5-16-8-18(10-20(31)9-16)26-28-23(4-6-33-26)36-29(37-28)27-22-12-24(34-15-25(22)38-39-27)19-11-21(14-32-13-19)35-30(40)17-2-3-17/h4,6,8-15,17H,2-3,5,7H2,1H3,(H,35,40)(H,36,37)(H,38,39). The van der Waals surface area contributed by atoms with Gasteiger partial charge in [0.2, 0.25) is 5.91 Å². The van der Waals surface area contributed by atoms with Crippen LogP contribution in [0.1, 0.15) is 18.4 Å². The van der Waals surface area contributed by atoms with Gasteiger partial charge in [-0.15, -0.1) is 0 Å². The summed E-state index contributed by atoms with van der Waals surface area (Å²) >= 11 is 0. The summed E-state index contributed by atoms with van der Waals surface area (Å²) < 4.78 is 37.9. The van der Waals surface area contributed by atoms with Crippen LogP contribution in [0.15, 0.2) is 61.2 Å². The molecule has 0 aliphatic heterocycles. The maximum Gasteiger partial charge on any atom is 0.227 e. The molecule has 0 unspecified atom stereocenters. The number of H-pyrrole nitrogens is 2. The zero-order chi connectivity index (χ0) is 29.7. The first-order chi connectivity index (χ1) is 20.7. The fourth-order valence-corrected chi connectivity index (χ4v) is 5.59. The number of rotatable bonds is 8. The van der Waals surface area contributed by atoms with Crippen LogP contribution < -0.4 is 5.32 Å². The van der Waals surface area contributed by atoms with E-state index in [0.29, 0.717) is 56.3 Å². The Hall–Kier alpha value is -5.04. The van der Waals surface area contributed by atoms with Crippen molar-refractivity contribution in [2.45, 2.75) is 19.3 Å². The van der Waals surface area contributed by atoms with Gasteiger partial charge in [0, 0.05) is 41.1 Å². The molecule has 1 aliphatic rings. The molecule has 6 aromatic rings. The van der Waals surface area contributed by atoms with E-state index in [4.69, 9.17) is 4.98 Å². The van der Waals surface area contributed by atoms with Crippen molar-refractivity contribution in [3.8, 4) is 34.0 Å². The molecule has 0 radical (unpaired) electrons. The van der Waals surface area contributed by atoms with Crippen LogP contribution in [-0.4, -0.2) is 61.5 Å². The molecule has 13 heteroatoms. The van der Waals surface area contributed by atoms with Gasteiger partial charge in [-0.3, -0.25) is 24.8 Å². The number of imidazole rings is 1. The zero-order valence-electron chi connectivity index (χ0n) is 22.9. The second-order valence-electron chi connectivity index (χ2n) is 10.8. The zero-order valence-corrected chi connectivity index (χ0v) is 23.7. The molecule has 1 saturated carbocycles. The van der Waals surface area contributed by atoms with Gasteiger partial charge in [0.15, 0.2) is 5.82 Å². The van der Waals surface area contributed by atoms with Crippen LogP contribution >= 0.6 is 0 Å². The SMILES string of the molecule is CS(=O)(=O)CCc1cc(F)cc(-c2nccc3[nH]c(-c4n[nH]c5cnc(-c6cncc(NC(=O)C7CC7)c6)cc45)nc23)c1. The lowest BCUT2D eigenvalue weighted by Crippen LogP contribution is -2.13. The summed E-state index contributed by atoms with van der Waals surface area (Å²) in [6.45, 7) is 0. The highest BCUT2D eigenvalue weighted by Gasteiger charge is 2.29. The molecule has 3 N–H and O–H groups in total. The third-order valence-electron chi connectivity index (χ3n) is 7.31. The van der Waals surface area contributed by atoms with E-state index in [1.807, 2.05) is 12.1 Å². The number of fused-ring (bicyclic) bond motifs is 2. The molecule has 1 aromatic carbocycles. The van der Waals surface area contributed by atoms with E-state index >= 15 is 0 Å². The van der Waals surface area contributed by atoms with Crippen LogP contribution in [0.3, 0.4) is 0 Å². The van der Waals surface area contributed by atoms with E-state index in [9.17, 15) is 17.6 Å². The van der Waals surface area contributed by atoms with Gasteiger partial charge in [-0.1, -0.05) is 0 Å². The van der Waals surface area contributed by atoms with E-state index < -0.39 is 15.7 Å². The minimum Gasteiger partial charge on any atom is -0.336 e. The van der Waals surface area contributed by atoms with E-state index in [0.717, 1.165) is 30.0 Å². The Balaban J connectivity index is 1.25. The summed E-state index contributed by atoms with van der Waals surface area (Å²) in [5, 5.41) is 11.2. The van der Waals surface area contributed by atoms with Crippen molar-refractivity contribution in [2.24, 2.45) is 5.92 Å². The van der Waals surface area contributed by atoms with Crippen LogP contribution in [0.25, 0.3) is 56.0 Å². The Kier molecular flexibility index (Phi) is 6.46. The van der Waals surface area contributed by atoms with E-state index in [-0.39, 0.29) is 24.0 Å². The number of aromatic nitrogens is 7. The average molecular weight is 597 g/mol. The largest absolute Gasteiger partial charge is 0.336 e. The van der Waals surface area contributed by atoms with Crippen molar-refractivity contribution >= 4 is 43.4 Å². The third-order valence-corrected chi connectivity index (χ3v) is 8.26. The number of anilines is 1. The van der Waals surface area contributed by atoms with Crippen molar-refractivity contribution < 1.29 is 17.6 Å². The minimum atomic E-state index is -3.21. The fraction of sp³-hybridized carbons (Fsp3) is 0.200. The summed E-state index contributed by atoms with van der Waals surface area (Å²) in [6.07, 6.45) is 9.74. The first-order valence-corrected chi connectivity index (χ1v) is 15.7. The van der Waals surface area contributed by atoms with Gasteiger partial charge in [0.1, 0.15) is 26.9 Å². The molecule has 0 atom stereocenters. The lowest BCUT2D eigenvalue weighted by Gasteiger charge is -2.06. The number of aryl methyl sites for hydroxylation is 1. The predicted molar refractivity (Wildman–Crippen MR) is 160 cm³/mol. The highest BCUT2D eigenvalue weighted by atomic mass is 32.2. The molecule has 1 fully saturated rings. The lowest BCUT2D eigenvalue weighted by molar-refractivity contribution is -0.117. The molecule has 0 spiro atoms. The number of benzene rings is 1. The number of carbonyl (C=O) groups is 1. The van der Waals surface area contributed by atoms with Gasteiger partial charge in [-0.25, -0.2) is 17.8 Å². The normalized spacial score (nSPS) is 13.5. The molecule has 0 bridgehead atoms. The van der Waals surface area contributed by atoms with Crippen molar-refractivity contribution in [3.63, 3.8) is 0 Å². The third kappa shape index (κ3) is 5.58. The van der Waals surface area contributed by atoms with Crippen molar-refractivity contribution in [1.29, 1.82) is 0 Å². The number of pyridine rings is 3.